The predicted octanol–water partition coefficient (Wildman–Crippen LogP) is 6.19. The molecule has 0 bridgehead atoms. The van der Waals surface area contributed by atoms with E-state index in [0.29, 0.717) is 10.0 Å². The summed E-state index contributed by atoms with van der Waals surface area (Å²) >= 11 is 12.2. The maximum atomic E-state index is 6.18. The van der Waals surface area contributed by atoms with Gasteiger partial charge in [-0.2, -0.15) is 0 Å². The Morgan fingerprint density at radius 2 is 1.68 bits per heavy atom. The molecule has 1 heterocycles. The van der Waals surface area contributed by atoms with Gasteiger partial charge < -0.3 is 5.01 Å². The molecule has 4 heteroatoms. The topological polar surface area (TPSA) is 6.48 Å². The highest BCUT2D eigenvalue weighted by molar-refractivity contribution is 6.42. The van der Waals surface area contributed by atoms with Gasteiger partial charge in [0.15, 0.2) is 0 Å². The highest BCUT2D eigenvalue weighted by atomic mass is 35.5. The number of benzene rings is 3. The van der Waals surface area contributed by atoms with Crippen molar-refractivity contribution in [2.75, 3.05) is 24.6 Å². The molecule has 0 radical (unpaired) electrons. The molecule has 3 aromatic carbocycles. The third kappa shape index (κ3) is 3.84. The van der Waals surface area contributed by atoms with E-state index in [0.717, 1.165) is 37.0 Å². The van der Waals surface area contributed by atoms with Gasteiger partial charge in [-0.25, -0.2) is 5.01 Å². The van der Waals surface area contributed by atoms with Crippen molar-refractivity contribution in [2.24, 2.45) is 0 Å². The molecule has 1 fully saturated rings. The molecule has 1 aliphatic rings. The number of fused-ring (bicyclic) bond motifs is 1. The molecule has 0 aliphatic carbocycles. The molecular weight excluding hydrogens is 387 g/mol. The highest BCUT2D eigenvalue weighted by Crippen LogP contribution is 2.32. The molecule has 4 rings (SSSR count). The summed E-state index contributed by atoms with van der Waals surface area (Å²) in [5, 5.41) is 8.43. The Balaban J connectivity index is 1.62. The van der Waals surface area contributed by atoms with Gasteiger partial charge in [-0.05, 0) is 54.5 Å². The molecule has 1 aliphatic heterocycles. The second kappa shape index (κ2) is 8.45. The van der Waals surface area contributed by atoms with Crippen LogP contribution < -0.4 is 5.01 Å². The molecule has 142 valence electrons. The van der Waals surface area contributed by atoms with Gasteiger partial charge in [-0.1, -0.05) is 59.5 Å². The summed E-state index contributed by atoms with van der Waals surface area (Å²) < 4.78 is 0. The quantitative estimate of drug-likeness (QED) is 0.474. The Bertz CT molecular complexity index is 1040. The Labute approximate surface area is 176 Å². The summed E-state index contributed by atoms with van der Waals surface area (Å²) in [6, 6.07) is 18.5. The Hall–Kier alpha value is -2.18. The Kier molecular flexibility index (Phi) is 5.78. The van der Waals surface area contributed by atoms with Crippen molar-refractivity contribution in [3.63, 3.8) is 0 Å². The summed E-state index contributed by atoms with van der Waals surface area (Å²) in [7, 11) is 0. The van der Waals surface area contributed by atoms with Crippen LogP contribution in [0.15, 0.2) is 54.6 Å². The van der Waals surface area contributed by atoms with Crippen LogP contribution in [0, 0.1) is 12.3 Å². The molecular formula is C24H22Cl2N2. The lowest BCUT2D eigenvalue weighted by atomic mass is 10.0. The van der Waals surface area contributed by atoms with Crippen molar-refractivity contribution in [1.29, 1.82) is 0 Å². The van der Waals surface area contributed by atoms with Crippen LogP contribution in [0.25, 0.3) is 10.8 Å². The fourth-order valence-electron chi connectivity index (χ4n) is 3.91. The van der Waals surface area contributed by atoms with Crippen LogP contribution in [0.5, 0.6) is 0 Å². The smallest absolute Gasteiger partial charge is 0.0601 e. The standard InChI is InChI=1S/C24H22Cl2N2/c1-2-19-10-12-24(21-8-4-3-7-20(19)21)28-15-6-5-14-27(28)16-13-18-9-11-22(25)23(26)17-18/h1,3-4,7-12,17H,5-6,13-16H2. The molecule has 1 saturated heterocycles. The predicted molar refractivity (Wildman–Crippen MR) is 120 cm³/mol. The SMILES string of the molecule is C#Cc1ccc(N2CCCCN2CCc2ccc(Cl)c(Cl)c2)c2ccccc12. The first-order valence-corrected chi connectivity index (χ1v) is 10.4. The van der Waals surface area contributed by atoms with Gasteiger partial charge in [-0.3, -0.25) is 0 Å². The average Bonchev–Trinajstić information content (AvgIpc) is 2.74. The normalized spacial score (nSPS) is 15.0. The van der Waals surface area contributed by atoms with Crippen molar-refractivity contribution in [3.8, 4) is 12.3 Å². The molecule has 28 heavy (non-hydrogen) atoms. The molecule has 3 aromatic rings. The lowest BCUT2D eigenvalue weighted by Gasteiger charge is -2.41. The van der Waals surface area contributed by atoms with Crippen LogP contribution in [0.1, 0.15) is 24.0 Å². The molecule has 0 N–H and O–H groups in total. The number of hydrogen-bond donors (Lipinski definition) is 0. The number of halogens is 2. The fraction of sp³-hybridized carbons (Fsp3) is 0.250. The van der Waals surface area contributed by atoms with E-state index in [-0.39, 0.29) is 0 Å². The number of hydrogen-bond acceptors (Lipinski definition) is 2. The summed E-state index contributed by atoms with van der Waals surface area (Å²) in [6.07, 6.45) is 9.03. The van der Waals surface area contributed by atoms with Crippen LogP contribution in [0.2, 0.25) is 10.0 Å². The van der Waals surface area contributed by atoms with E-state index in [9.17, 15) is 0 Å². The molecule has 0 aromatic heterocycles. The number of terminal acetylenes is 1. The van der Waals surface area contributed by atoms with Crippen LogP contribution in [-0.4, -0.2) is 24.6 Å². The minimum atomic E-state index is 0.602. The van der Waals surface area contributed by atoms with E-state index in [1.807, 2.05) is 18.2 Å². The van der Waals surface area contributed by atoms with Crippen molar-refractivity contribution in [3.05, 3.63) is 75.8 Å². The van der Waals surface area contributed by atoms with Crippen molar-refractivity contribution >= 4 is 39.7 Å². The molecule has 0 spiro atoms. The van der Waals surface area contributed by atoms with E-state index in [4.69, 9.17) is 29.6 Å². The number of rotatable bonds is 4. The average molecular weight is 409 g/mol. The summed E-state index contributed by atoms with van der Waals surface area (Å²) in [6.45, 7) is 3.00. The first-order valence-electron chi connectivity index (χ1n) is 9.62. The zero-order valence-electron chi connectivity index (χ0n) is 15.7. The second-order valence-corrected chi connectivity index (χ2v) is 7.92. The zero-order chi connectivity index (χ0) is 19.5. The Morgan fingerprint density at radius 3 is 2.46 bits per heavy atom. The molecule has 0 unspecified atom stereocenters. The first-order chi connectivity index (χ1) is 13.7. The lowest BCUT2D eigenvalue weighted by Crippen LogP contribution is -2.48. The number of anilines is 1. The summed E-state index contributed by atoms with van der Waals surface area (Å²) in [4.78, 5) is 0. The minimum Gasteiger partial charge on any atom is -0.305 e. The Morgan fingerprint density at radius 1 is 0.893 bits per heavy atom. The van der Waals surface area contributed by atoms with Crippen molar-refractivity contribution in [2.45, 2.75) is 19.3 Å². The van der Waals surface area contributed by atoms with Gasteiger partial charge in [0.25, 0.3) is 0 Å². The molecule has 2 nitrogen and oxygen atoms in total. The van der Waals surface area contributed by atoms with Crippen LogP contribution in [0.4, 0.5) is 5.69 Å². The van der Waals surface area contributed by atoms with E-state index < -0.39 is 0 Å². The van der Waals surface area contributed by atoms with E-state index >= 15 is 0 Å². The summed E-state index contributed by atoms with van der Waals surface area (Å²) in [5.74, 6) is 2.81. The van der Waals surface area contributed by atoms with E-state index in [1.165, 1.54) is 29.5 Å². The van der Waals surface area contributed by atoms with Crippen LogP contribution in [-0.2, 0) is 6.42 Å². The maximum Gasteiger partial charge on any atom is 0.0601 e. The monoisotopic (exact) mass is 408 g/mol. The lowest BCUT2D eigenvalue weighted by molar-refractivity contribution is 0.215. The van der Waals surface area contributed by atoms with Gasteiger partial charge in [0.05, 0.1) is 15.7 Å². The van der Waals surface area contributed by atoms with E-state index in [2.05, 4.69) is 52.3 Å². The van der Waals surface area contributed by atoms with Gasteiger partial charge >= 0.3 is 0 Å². The molecule has 0 saturated carbocycles. The van der Waals surface area contributed by atoms with Gasteiger partial charge in [-0.15, -0.1) is 6.42 Å². The molecule has 0 atom stereocenters. The number of hydrazine groups is 1. The minimum absolute atomic E-state index is 0.602. The third-order valence-corrected chi connectivity index (χ3v) is 6.09. The van der Waals surface area contributed by atoms with Crippen molar-refractivity contribution in [1.82, 2.24) is 5.01 Å². The van der Waals surface area contributed by atoms with Gasteiger partial charge in [0, 0.05) is 30.6 Å². The van der Waals surface area contributed by atoms with Crippen LogP contribution >= 0.6 is 23.2 Å². The maximum absolute atomic E-state index is 6.18. The highest BCUT2D eigenvalue weighted by Gasteiger charge is 2.22. The van der Waals surface area contributed by atoms with Crippen molar-refractivity contribution < 1.29 is 0 Å². The first kappa shape index (κ1) is 19.2. The largest absolute Gasteiger partial charge is 0.305 e. The third-order valence-electron chi connectivity index (χ3n) is 5.35. The zero-order valence-corrected chi connectivity index (χ0v) is 17.2. The number of nitrogens with zero attached hydrogens (tertiary/aromatic N) is 2. The van der Waals surface area contributed by atoms with Gasteiger partial charge in [0.1, 0.15) is 0 Å². The van der Waals surface area contributed by atoms with E-state index in [1.54, 1.807) is 0 Å². The molecule has 0 amide bonds. The van der Waals surface area contributed by atoms with Gasteiger partial charge in [0.2, 0.25) is 0 Å². The fourth-order valence-corrected chi connectivity index (χ4v) is 4.23. The van der Waals surface area contributed by atoms with Crippen LogP contribution in [0.3, 0.4) is 0 Å². The second-order valence-electron chi connectivity index (χ2n) is 7.10. The summed E-state index contributed by atoms with van der Waals surface area (Å²) in [5.41, 5.74) is 3.37.